The fourth-order valence-corrected chi connectivity index (χ4v) is 1.57. The van der Waals surface area contributed by atoms with E-state index in [1.165, 1.54) is 6.39 Å². The monoisotopic (exact) mass is 241 g/mol. The van der Waals surface area contributed by atoms with Crippen molar-refractivity contribution in [3.05, 3.63) is 24.4 Å². The molecule has 0 aliphatic rings. The second-order valence-electron chi connectivity index (χ2n) is 2.60. The van der Waals surface area contributed by atoms with Gasteiger partial charge in [-0.05, 0) is 6.07 Å². The molecule has 0 spiro atoms. The fraction of sp³-hybridized carbons (Fsp3) is 0.250. The van der Waals surface area contributed by atoms with Crippen LogP contribution in [0.5, 0.6) is 0 Å². The summed E-state index contributed by atoms with van der Waals surface area (Å²) in [7, 11) is 1.87. The molecule has 5 heteroatoms. The molecule has 0 unspecified atom stereocenters. The standard InChI is InChI=1S/C8H8BrN3O/c1-12-7(2-3-11-12)8-6(4-9)10-5-13-8/h2-3,5H,4H2,1H3. The van der Waals surface area contributed by atoms with Crippen LogP contribution in [0.3, 0.4) is 0 Å². The summed E-state index contributed by atoms with van der Waals surface area (Å²) in [5, 5.41) is 4.75. The highest BCUT2D eigenvalue weighted by Gasteiger charge is 2.12. The molecule has 0 atom stereocenters. The van der Waals surface area contributed by atoms with Crippen LogP contribution >= 0.6 is 15.9 Å². The Hall–Kier alpha value is -1.10. The number of hydrogen-bond donors (Lipinski definition) is 0. The maximum absolute atomic E-state index is 5.28. The van der Waals surface area contributed by atoms with Crippen molar-refractivity contribution < 1.29 is 4.42 Å². The molecule has 2 rings (SSSR count). The Labute approximate surface area is 83.7 Å². The molecule has 2 aromatic rings. The molecule has 0 N–H and O–H groups in total. The second kappa shape index (κ2) is 3.33. The number of rotatable bonds is 2. The summed E-state index contributed by atoms with van der Waals surface area (Å²) in [6.07, 6.45) is 3.18. The van der Waals surface area contributed by atoms with Gasteiger partial charge >= 0.3 is 0 Å². The van der Waals surface area contributed by atoms with Crippen molar-refractivity contribution >= 4 is 15.9 Å². The van der Waals surface area contributed by atoms with Crippen molar-refractivity contribution in [2.45, 2.75) is 5.33 Å². The van der Waals surface area contributed by atoms with Gasteiger partial charge in [0.15, 0.2) is 12.2 Å². The van der Waals surface area contributed by atoms with Gasteiger partial charge in [0, 0.05) is 18.6 Å². The van der Waals surface area contributed by atoms with Crippen LogP contribution in [0.15, 0.2) is 23.1 Å². The molecule has 0 bridgehead atoms. The van der Waals surface area contributed by atoms with Crippen molar-refractivity contribution in [2.24, 2.45) is 7.05 Å². The van der Waals surface area contributed by atoms with Gasteiger partial charge < -0.3 is 4.42 Å². The minimum absolute atomic E-state index is 0.685. The number of aromatic nitrogens is 3. The first-order valence-electron chi connectivity index (χ1n) is 3.79. The third kappa shape index (κ3) is 1.39. The maximum Gasteiger partial charge on any atom is 0.181 e. The van der Waals surface area contributed by atoms with Crippen LogP contribution in [0.25, 0.3) is 11.5 Å². The zero-order valence-electron chi connectivity index (χ0n) is 7.07. The van der Waals surface area contributed by atoms with Crippen LogP contribution in [0.2, 0.25) is 0 Å². The first kappa shape index (κ1) is 8.50. The van der Waals surface area contributed by atoms with Gasteiger partial charge in [0.25, 0.3) is 0 Å². The lowest BCUT2D eigenvalue weighted by Crippen LogP contribution is -1.94. The van der Waals surface area contributed by atoms with Gasteiger partial charge in [0.1, 0.15) is 5.69 Å². The van der Waals surface area contributed by atoms with Crippen LogP contribution in [0, 0.1) is 0 Å². The first-order chi connectivity index (χ1) is 6.33. The van der Waals surface area contributed by atoms with Gasteiger partial charge in [-0.3, -0.25) is 4.68 Å². The van der Waals surface area contributed by atoms with Gasteiger partial charge in [-0.2, -0.15) is 5.10 Å². The SMILES string of the molecule is Cn1nccc1-c1ocnc1CBr. The zero-order valence-corrected chi connectivity index (χ0v) is 8.65. The van der Waals surface area contributed by atoms with Crippen molar-refractivity contribution in [1.82, 2.24) is 14.8 Å². The Bertz CT molecular complexity index is 407. The number of oxazole rings is 1. The van der Waals surface area contributed by atoms with Crippen molar-refractivity contribution in [1.29, 1.82) is 0 Å². The lowest BCUT2D eigenvalue weighted by molar-refractivity contribution is 0.563. The molecule has 0 saturated carbocycles. The van der Waals surface area contributed by atoms with Crippen molar-refractivity contribution in [3.8, 4) is 11.5 Å². The molecule has 2 heterocycles. The Kier molecular flexibility index (Phi) is 2.18. The molecule has 4 nitrogen and oxygen atoms in total. The van der Waals surface area contributed by atoms with E-state index in [-0.39, 0.29) is 0 Å². The van der Waals surface area contributed by atoms with Crippen LogP contribution in [-0.4, -0.2) is 14.8 Å². The number of halogens is 1. The lowest BCUT2D eigenvalue weighted by atomic mass is 10.3. The molecular weight excluding hydrogens is 234 g/mol. The zero-order chi connectivity index (χ0) is 9.26. The third-order valence-corrected chi connectivity index (χ3v) is 2.35. The van der Waals surface area contributed by atoms with E-state index in [0.29, 0.717) is 5.33 Å². The van der Waals surface area contributed by atoms with Gasteiger partial charge in [0.2, 0.25) is 0 Å². The molecule has 0 aromatic carbocycles. The molecule has 0 saturated heterocycles. The number of hydrogen-bond acceptors (Lipinski definition) is 3. The normalized spacial score (nSPS) is 10.6. The molecule has 0 radical (unpaired) electrons. The predicted octanol–water partition coefficient (Wildman–Crippen LogP) is 1.97. The minimum Gasteiger partial charge on any atom is -0.442 e. The summed E-state index contributed by atoms with van der Waals surface area (Å²) in [6.45, 7) is 0. The lowest BCUT2D eigenvalue weighted by Gasteiger charge is -1.97. The Morgan fingerprint density at radius 1 is 1.62 bits per heavy atom. The molecular formula is C8H8BrN3O. The van der Waals surface area contributed by atoms with E-state index in [1.54, 1.807) is 10.9 Å². The van der Waals surface area contributed by atoms with Crippen molar-refractivity contribution in [3.63, 3.8) is 0 Å². The summed E-state index contributed by atoms with van der Waals surface area (Å²) in [6, 6.07) is 1.90. The van der Waals surface area contributed by atoms with Gasteiger partial charge in [-0.15, -0.1) is 0 Å². The summed E-state index contributed by atoms with van der Waals surface area (Å²) >= 11 is 3.35. The highest BCUT2D eigenvalue weighted by atomic mass is 79.9. The Morgan fingerprint density at radius 3 is 3.08 bits per heavy atom. The molecule has 0 aliphatic carbocycles. The molecule has 0 amide bonds. The average molecular weight is 242 g/mol. The van der Waals surface area contributed by atoms with E-state index < -0.39 is 0 Å². The average Bonchev–Trinajstić information content (AvgIpc) is 2.71. The molecule has 0 aliphatic heterocycles. The van der Waals surface area contributed by atoms with Crippen LogP contribution in [0.1, 0.15) is 5.69 Å². The number of nitrogens with zero attached hydrogens (tertiary/aromatic N) is 3. The van der Waals surface area contributed by atoms with E-state index in [4.69, 9.17) is 4.42 Å². The summed E-state index contributed by atoms with van der Waals surface area (Å²) in [5.41, 5.74) is 1.83. The van der Waals surface area contributed by atoms with Crippen molar-refractivity contribution in [2.75, 3.05) is 0 Å². The van der Waals surface area contributed by atoms with Gasteiger partial charge in [-0.1, -0.05) is 15.9 Å². The van der Waals surface area contributed by atoms with E-state index in [0.717, 1.165) is 17.1 Å². The fourth-order valence-electron chi connectivity index (χ4n) is 1.17. The smallest absolute Gasteiger partial charge is 0.181 e. The van der Waals surface area contributed by atoms with Crippen LogP contribution in [-0.2, 0) is 12.4 Å². The number of alkyl halides is 1. The second-order valence-corrected chi connectivity index (χ2v) is 3.16. The highest BCUT2D eigenvalue weighted by molar-refractivity contribution is 9.08. The first-order valence-corrected chi connectivity index (χ1v) is 4.91. The summed E-state index contributed by atoms with van der Waals surface area (Å²) < 4.78 is 7.04. The molecule has 0 fully saturated rings. The quantitative estimate of drug-likeness (QED) is 0.756. The van der Waals surface area contributed by atoms with E-state index >= 15 is 0 Å². The predicted molar refractivity (Wildman–Crippen MR) is 51.3 cm³/mol. The van der Waals surface area contributed by atoms with E-state index in [2.05, 4.69) is 26.0 Å². The molecule has 13 heavy (non-hydrogen) atoms. The number of aryl methyl sites for hydroxylation is 1. The Balaban J connectivity index is 2.52. The molecule has 68 valence electrons. The van der Waals surface area contributed by atoms with E-state index in [9.17, 15) is 0 Å². The minimum atomic E-state index is 0.685. The molecule has 2 aromatic heterocycles. The van der Waals surface area contributed by atoms with Gasteiger partial charge in [0.05, 0.1) is 5.69 Å². The summed E-state index contributed by atoms with van der Waals surface area (Å²) in [4.78, 5) is 4.08. The Morgan fingerprint density at radius 2 is 2.46 bits per heavy atom. The summed E-state index contributed by atoms with van der Waals surface area (Å²) in [5.74, 6) is 0.775. The van der Waals surface area contributed by atoms with Crippen LogP contribution in [0.4, 0.5) is 0 Å². The van der Waals surface area contributed by atoms with Gasteiger partial charge in [-0.25, -0.2) is 4.98 Å². The largest absolute Gasteiger partial charge is 0.442 e. The highest BCUT2D eigenvalue weighted by Crippen LogP contribution is 2.23. The maximum atomic E-state index is 5.28. The van der Waals surface area contributed by atoms with E-state index in [1.807, 2.05) is 13.1 Å². The topological polar surface area (TPSA) is 43.9 Å². The van der Waals surface area contributed by atoms with Crippen LogP contribution < -0.4 is 0 Å². The third-order valence-electron chi connectivity index (χ3n) is 1.82.